The maximum atomic E-state index is 13.6. The Kier molecular flexibility index (Phi) is 4.08. The molecular weight excluding hydrogens is 434 g/mol. The summed E-state index contributed by atoms with van der Waals surface area (Å²) in [5.41, 5.74) is 4.01. The number of nitrogens with zero attached hydrogens (tertiary/aromatic N) is 3. The first-order valence-corrected chi connectivity index (χ1v) is 13.5. The number of fused-ring (bicyclic) bond motifs is 1. The van der Waals surface area contributed by atoms with Gasteiger partial charge in [0.1, 0.15) is 0 Å². The molecule has 5 unspecified atom stereocenters. The lowest BCUT2D eigenvalue weighted by Gasteiger charge is -2.64. The van der Waals surface area contributed by atoms with Gasteiger partial charge in [-0.2, -0.15) is 5.26 Å². The Balaban J connectivity index is 1.26. The molecule has 0 spiro atoms. The summed E-state index contributed by atoms with van der Waals surface area (Å²) in [6.07, 6.45) is 6.93. The standard InChI is InChI=1S/C30H31N3O2/c31-16-20-8-9-22-15-26-30-11-10-24-27(25(35-30)18-33(24)28(34)21-4-2-1-3-5-21)29(30,23(22)14-20)12-13-32(26)17-19-6-7-19/h1-5,8-9,14,19,24-27H,6-7,10-13,15,17-18H2/t24?,25-,26?,27?,29?,30?/m1/s1. The molecule has 1 amide bonds. The molecule has 2 saturated carbocycles. The van der Waals surface area contributed by atoms with Crippen LogP contribution in [0.15, 0.2) is 48.5 Å². The minimum absolute atomic E-state index is 0.0789. The summed E-state index contributed by atoms with van der Waals surface area (Å²) >= 11 is 0. The van der Waals surface area contributed by atoms with Crippen LogP contribution in [0.5, 0.6) is 0 Å². The minimum atomic E-state index is -0.186. The molecule has 5 heteroatoms. The van der Waals surface area contributed by atoms with Crippen LogP contribution >= 0.6 is 0 Å². The van der Waals surface area contributed by atoms with E-state index in [1.807, 2.05) is 36.4 Å². The number of ether oxygens (including phenoxy) is 1. The fourth-order valence-corrected chi connectivity index (χ4v) is 9.08. The van der Waals surface area contributed by atoms with E-state index in [0.29, 0.717) is 18.5 Å². The first-order chi connectivity index (χ1) is 17.1. The molecule has 35 heavy (non-hydrogen) atoms. The summed E-state index contributed by atoms with van der Waals surface area (Å²) in [6.45, 7) is 3.00. The van der Waals surface area contributed by atoms with Gasteiger partial charge in [0.05, 0.1) is 23.3 Å². The monoisotopic (exact) mass is 465 g/mol. The number of rotatable bonds is 3. The number of carbonyl (C=O) groups excluding carboxylic acids is 1. The highest BCUT2D eigenvalue weighted by Gasteiger charge is 2.78. The minimum Gasteiger partial charge on any atom is -0.367 e. The van der Waals surface area contributed by atoms with Gasteiger partial charge >= 0.3 is 0 Å². The molecule has 4 bridgehead atoms. The average Bonchev–Trinajstić information content (AvgIpc) is 3.59. The lowest BCUT2D eigenvalue weighted by Crippen LogP contribution is -2.74. The highest BCUT2D eigenvalue weighted by Crippen LogP contribution is 2.69. The number of piperidine rings is 1. The van der Waals surface area contributed by atoms with Gasteiger partial charge in [0.25, 0.3) is 5.91 Å². The van der Waals surface area contributed by atoms with Gasteiger partial charge in [-0.15, -0.1) is 0 Å². The van der Waals surface area contributed by atoms with Crippen molar-refractivity contribution in [2.45, 2.75) is 67.7 Å². The zero-order valence-electron chi connectivity index (χ0n) is 20.0. The second-order valence-electron chi connectivity index (χ2n) is 11.9. The number of nitriles is 1. The molecule has 178 valence electrons. The fraction of sp³-hybridized carbons (Fsp3) is 0.533. The molecule has 0 radical (unpaired) electrons. The Morgan fingerprint density at radius 2 is 1.97 bits per heavy atom. The van der Waals surface area contributed by atoms with Crippen molar-refractivity contribution in [2.24, 2.45) is 11.8 Å². The van der Waals surface area contributed by atoms with Gasteiger partial charge in [0.2, 0.25) is 0 Å². The van der Waals surface area contributed by atoms with Gasteiger partial charge in [-0.05, 0) is 86.4 Å². The van der Waals surface area contributed by atoms with Gasteiger partial charge < -0.3 is 9.64 Å². The van der Waals surface area contributed by atoms with E-state index in [1.54, 1.807) is 0 Å². The summed E-state index contributed by atoms with van der Waals surface area (Å²) in [7, 11) is 0. The number of hydrogen-bond donors (Lipinski definition) is 0. The van der Waals surface area contributed by atoms with Crippen LogP contribution in [0, 0.1) is 23.2 Å². The lowest BCUT2D eigenvalue weighted by atomic mass is 9.46. The van der Waals surface area contributed by atoms with Crippen LogP contribution in [0.1, 0.15) is 59.2 Å². The Labute approximate surface area is 206 Å². The molecular formula is C30H31N3O2. The van der Waals surface area contributed by atoms with Gasteiger partial charge in [-0.1, -0.05) is 24.3 Å². The molecule has 5 nitrogen and oxygen atoms in total. The Bertz CT molecular complexity index is 1270. The van der Waals surface area contributed by atoms with E-state index < -0.39 is 0 Å². The van der Waals surface area contributed by atoms with Crippen molar-refractivity contribution in [3.05, 3.63) is 70.8 Å². The van der Waals surface area contributed by atoms with Gasteiger partial charge in [0, 0.05) is 42.1 Å². The van der Waals surface area contributed by atoms with E-state index in [-0.39, 0.29) is 29.1 Å². The highest BCUT2D eigenvalue weighted by molar-refractivity contribution is 5.94. The van der Waals surface area contributed by atoms with Gasteiger partial charge in [-0.3, -0.25) is 9.69 Å². The summed E-state index contributed by atoms with van der Waals surface area (Å²) in [5.74, 6) is 1.31. The summed E-state index contributed by atoms with van der Waals surface area (Å²) in [6, 6.07) is 19.2. The Morgan fingerprint density at radius 3 is 2.77 bits per heavy atom. The molecule has 8 rings (SSSR count). The second kappa shape index (κ2) is 6.96. The molecule has 3 heterocycles. The fourth-order valence-electron chi connectivity index (χ4n) is 9.08. The van der Waals surface area contributed by atoms with Crippen molar-refractivity contribution in [3.63, 3.8) is 0 Å². The smallest absolute Gasteiger partial charge is 0.254 e. The van der Waals surface area contributed by atoms with Crippen LogP contribution in [0.2, 0.25) is 0 Å². The van der Waals surface area contributed by atoms with Crippen molar-refractivity contribution >= 4 is 5.91 Å². The maximum absolute atomic E-state index is 13.6. The average molecular weight is 466 g/mol. The van der Waals surface area contributed by atoms with Crippen LogP contribution in [-0.2, 0) is 16.6 Å². The third-order valence-electron chi connectivity index (χ3n) is 10.5. The van der Waals surface area contributed by atoms with Gasteiger partial charge in [0.15, 0.2) is 0 Å². The van der Waals surface area contributed by atoms with Crippen LogP contribution in [0.25, 0.3) is 0 Å². The topological polar surface area (TPSA) is 56.6 Å². The van der Waals surface area contributed by atoms with Crippen molar-refractivity contribution in [3.8, 4) is 6.07 Å². The molecule has 6 aliphatic rings. The molecule has 0 aromatic heterocycles. The van der Waals surface area contributed by atoms with E-state index in [9.17, 15) is 10.1 Å². The normalized spacial score (nSPS) is 38.5. The summed E-state index contributed by atoms with van der Waals surface area (Å²) in [4.78, 5) is 18.5. The van der Waals surface area contributed by atoms with Crippen molar-refractivity contribution < 1.29 is 9.53 Å². The van der Waals surface area contributed by atoms with E-state index in [2.05, 4.69) is 28.0 Å². The second-order valence-corrected chi connectivity index (χ2v) is 11.9. The van der Waals surface area contributed by atoms with Crippen molar-refractivity contribution in [1.82, 2.24) is 9.80 Å². The van der Waals surface area contributed by atoms with E-state index in [1.165, 1.54) is 30.5 Å². The van der Waals surface area contributed by atoms with Crippen LogP contribution in [0.4, 0.5) is 0 Å². The number of benzene rings is 2. The quantitative estimate of drug-likeness (QED) is 0.690. The molecule has 3 aliphatic heterocycles. The molecule has 3 saturated heterocycles. The van der Waals surface area contributed by atoms with E-state index >= 15 is 0 Å². The Hall–Kier alpha value is -2.68. The SMILES string of the molecule is N#Cc1ccc2c(c1)C13CCN(CC4CC4)C(C2)C12CCC1C3[C@@H](CN1C(=O)c1ccccc1)O2. The summed E-state index contributed by atoms with van der Waals surface area (Å²) in [5, 5.41) is 9.77. The van der Waals surface area contributed by atoms with Gasteiger partial charge in [-0.25, -0.2) is 0 Å². The molecule has 6 atom stereocenters. The van der Waals surface area contributed by atoms with Crippen molar-refractivity contribution in [1.29, 1.82) is 5.26 Å². The zero-order valence-corrected chi connectivity index (χ0v) is 20.0. The molecule has 0 N–H and O–H groups in total. The van der Waals surface area contributed by atoms with Crippen LogP contribution in [-0.4, -0.2) is 59.1 Å². The van der Waals surface area contributed by atoms with Crippen LogP contribution < -0.4 is 0 Å². The van der Waals surface area contributed by atoms with E-state index in [4.69, 9.17) is 4.74 Å². The zero-order chi connectivity index (χ0) is 23.4. The first kappa shape index (κ1) is 20.5. The Morgan fingerprint density at radius 1 is 1.11 bits per heavy atom. The third kappa shape index (κ3) is 2.52. The number of hydrogen-bond acceptors (Lipinski definition) is 4. The molecule has 2 aromatic rings. The lowest BCUT2D eigenvalue weighted by molar-refractivity contribution is -0.171. The highest BCUT2D eigenvalue weighted by atomic mass is 16.5. The van der Waals surface area contributed by atoms with Crippen LogP contribution in [0.3, 0.4) is 0 Å². The number of carbonyl (C=O) groups is 1. The number of likely N-dealkylation sites (tertiary alicyclic amines) is 2. The maximum Gasteiger partial charge on any atom is 0.254 e. The predicted molar refractivity (Wildman–Crippen MR) is 131 cm³/mol. The van der Waals surface area contributed by atoms with E-state index in [0.717, 1.165) is 49.3 Å². The molecule has 5 fully saturated rings. The summed E-state index contributed by atoms with van der Waals surface area (Å²) < 4.78 is 7.29. The first-order valence-electron chi connectivity index (χ1n) is 13.5. The largest absolute Gasteiger partial charge is 0.367 e. The third-order valence-corrected chi connectivity index (χ3v) is 10.5. The molecule has 2 aromatic carbocycles. The van der Waals surface area contributed by atoms with Crippen molar-refractivity contribution in [2.75, 3.05) is 19.6 Å². The molecule has 3 aliphatic carbocycles. The predicted octanol–water partition coefficient (Wildman–Crippen LogP) is 3.91. The number of amides is 1.